The Morgan fingerprint density at radius 3 is 1.66 bits per heavy atom. The minimum absolute atomic E-state index is 0.191. The smallest absolute Gasteiger partial charge is 0.152 e. The Morgan fingerprint density at radius 2 is 0.958 bits per heavy atom. The molecular weight excluding hydrogens is 867 g/mol. The van der Waals surface area contributed by atoms with Crippen molar-refractivity contribution in [3.63, 3.8) is 0 Å². The molecule has 5 nitrogen and oxygen atoms in total. The fourth-order valence-corrected chi connectivity index (χ4v) is 12.3. The fourth-order valence-electron chi connectivity index (χ4n) is 12.3. The standard InChI is InChI=1S/C66H41N3O2/c1-3-14-45(15-4-1)67-55-21-9-7-18-48(55)50-34-40(26-30-57(50)67)41-27-31-58-51(35-41)52-36-42(28-32-59(52)68(58)46-16-5-2-6-17-46)43-29-33-61-54(37-43)65-47(20-13-25-63(65)70-61)44-38-53-49-19-8-10-22-56(49)69-60-23-11-12-24-62(60)71-64(39-44)66(53)69/h1-39,49,56H. The first-order valence-electron chi connectivity index (χ1n) is 24.5. The number of allylic oxidation sites excluding steroid dienone is 2. The number of hydrogen-bond acceptors (Lipinski definition) is 3. The second kappa shape index (κ2) is 14.6. The topological polar surface area (TPSA) is 35.5 Å². The highest BCUT2D eigenvalue weighted by molar-refractivity contribution is 6.16. The van der Waals surface area contributed by atoms with Crippen LogP contribution in [0.15, 0.2) is 241 Å². The van der Waals surface area contributed by atoms with Gasteiger partial charge in [-0.3, -0.25) is 0 Å². The molecule has 332 valence electrons. The molecule has 0 fully saturated rings. The van der Waals surface area contributed by atoms with Gasteiger partial charge in [-0.2, -0.15) is 0 Å². The third-order valence-electron chi connectivity index (χ3n) is 15.4. The Hall–Kier alpha value is -9.32. The van der Waals surface area contributed by atoms with Crippen LogP contribution in [0.1, 0.15) is 11.5 Å². The number of rotatable bonds is 5. The molecule has 0 radical (unpaired) electrons. The lowest BCUT2D eigenvalue weighted by atomic mass is 9.89. The first-order valence-corrected chi connectivity index (χ1v) is 24.5. The Kier molecular flexibility index (Phi) is 7.94. The summed E-state index contributed by atoms with van der Waals surface area (Å²) in [6, 6.07) is 77.3. The van der Waals surface area contributed by atoms with Gasteiger partial charge in [-0.15, -0.1) is 0 Å². The van der Waals surface area contributed by atoms with Crippen LogP contribution in [-0.4, -0.2) is 15.2 Å². The molecule has 5 heteroatoms. The van der Waals surface area contributed by atoms with Crippen LogP contribution < -0.4 is 9.64 Å². The van der Waals surface area contributed by atoms with Gasteiger partial charge in [0, 0.05) is 49.6 Å². The number of anilines is 2. The highest BCUT2D eigenvalue weighted by Crippen LogP contribution is 2.59. The van der Waals surface area contributed by atoms with Crippen molar-refractivity contribution in [2.24, 2.45) is 0 Å². The highest BCUT2D eigenvalue weighted by Gasteiger charge is 2.43. The van der Waals surface area contributed by atoms with Crippen LogP contribution in [0.5, 0.6) is 11.5 Å². The minimum Gasteiger partial charge on any atom is -0.456 e. The van der Waals surface area contributed by atoms with Crippen molar-refractivity contribution >= 4 is 76.9 Å². The molecule has 0 saturated carbocycles. The molecule has 13 aromatic rings. The van der Waals surface area contributed by atoms with Gasteiger partial charge in [-0.25, -0.2) is 0 Å². The summed E-state index contributed by atoms with van der Waals surface area (Å²) in [5, 5.41) is 7.10. The third-order valence-corrected chi connectivity index (χ3v) is 15.4. The maximum absolute atomic E-state index is 6.76. The number of benzene rings is 10. The van der Waals surface area contributed by atoms with Crippen molar-refractivity contribution in [3.05, 3.63) is 242 Å². The number of para-hydroxylation sites is 5. The molecule has 0 amide bonds. The van der Waals surface area contributed by atoms with E-state index in [2.05, 4.69) is 251 Å². The highest BCUT2D eigenvalue weighted by atomic mass is 16.5. The molecule has 2 aliphatic heterocycles. The quantitative estimate of drug-likeness (QED) is 0.173. The van der Waals surface area contributed by atoms with Gasteiger partial charge in [0.15, 0.2) is 11.5 Å². The molecule has 5 heterocycles. The van der Waals surface area contributed by atoms with E-state index in [0.29, 0.717) is 0 Å². The number of ether oxygens (including phenoxy) is 1. The predicted molar refractivity (Wildman–Crippen MR) is 292 cm³/mol. The SMILES string of the molecule is C1=CC2c3cc(-c4cccc5oc6ccc(-c7ccc8c(c7)c7cc(-c9ccc%10c(c9)c9ccccc9n%10-c9ccccc9)ccc7n8-c7ccccc7)cc6c45)cc4c3N(c3ccccc3O4)C2C=C1. The summed E-state index contributed by atoms with van der Waals surface area (Å²) in [7, 11) is 0. The fraction of sp³-hybridized carbons (Fsp3) is 0.0303. The average Bonchev–Trinajstić information content (AvgIpc) is 4.18. The largest absolute Gasteiger partial charge is 0.456 e. The van der Waals surface area contributed by atoms with Crippen LogP contribution in [0.3, 0.4) is 0 Å². The van der Waals surface area contributed by atoms with E-state index in [4.69, 9.17) is 9.15 Å². The van der Waals surface area contributed by atoms with Crippen LogP contribution in [0.2, 0.25) is 0 Å². The van der Waals surface area contributed by atoms with Crippen LogP contribution in [-0.2, 0) is 0 Å². The maximum Gasteiger partial charge on any atom is 0.152 e. The monoisotopic (exact) mass is 907 g/mol. The van der Waals surface area contributed by atoms with Gasteiger partial charge in [0.2, 0.25) is 0 Å². The average molecular weight is 908 g/mol. The zero-order valence-electron chi connectivity index (χ0n) is 38.3. The molecule has 0 N–H and O–H groups in total. The first kappa shape index (κ1) is 38.6. The number of furan rings is 1. The molecule has 71 heavy (non-hydrogen) atoms. The van der Waals surface area contributed by atoms with Crippen molar-refractivity contribution in [2.75, 3.05) is 4.90 Å². The molecule has 0 bridgehead atoms. The zero-order chi connectivity index (χ0) is 46.3. The van der Waals surface area contributed by atoms with Gasteiger partial charge in [-0.05, 0) is 148 Å². The van der Waals surface area contributed by atoms with Crippen LogP contribution >= 0.6 is 0 Å². The summed E-state index contributed by atoms with van der Waals surface area (Å²) in [5.74, 6) is 1.99. The lowest BCUT2D eigenvalue weighted by Crippen LogP contribution is -2.30. The molecule has 3 aliphatic rings. The van der Waals surface area contributed by atoms with Crippen molar-refractivity contribution < 1.29 is 9.15 Å². The minimum atomic E-state index is 0.191. The third kappa shape index (κ3) is 5.57. The Balaban J connectivity index is 0.850. The van der Waals surface area contributed by atoms with Crippen molar-refractivity contribution in [1.82, 2.24) is 9.13 Å². The number of fused-ring (bicyclic) bond motifs is 14. The van der Waals surface area contributed by atoms with E-state index in [1.807, 2.05) is 0 Å². The Labute approximate surface area is 408 Å². The van der Waals surface area contributed by atoms with E-state index < -0.39 is 0 Å². The summed E-state index contributed by atoms with van der Waals surface area (Å²) in [6.07, 6.45) is 9.02. The molecule has 2 atom stereocenters. The molecule has 16 rings (SSSR count). The van der Waals surface area contributed by atoms with Gasteiger partial charge in [-0.1, -0.05) is 127 Å². The van der Waals surface area contributed by atoms with Gasteiger partial charge in [0.05, 0.1) is 39.5 Å². The van der Waals surface area contributed by atoms with E-state index in [0.717, 1.165) is 78.4 Å². The second-order valence-electron chi connectivity index (χ2n) is 19.2. The van der Waals surface area contributed by atoms with E-state index in [1.54, 1.807) is 0 Å². The predicted octanol–water partition coefficient (Wildman–Crippen LogP) is 17.6. The summed E-state index contributed by atoms with van der Waals surface area (Å²) < 4.78 is 18.2. The summed E-state index contributed by atoms with van der Waals surface area (Å²) >= 11 is 0. The lowest BCUT2D eigenvalue weighted by molar-refractivity contribution is 0.473. The van der Waals surface area contributed by atoms with Crippen LogP contribution in [0.4, 0.5) is 11.4 Å². The summed E-state index contributed by atoms with van der Waals surface area (Å²) in [6.45, 7) is 0. The van der Waals surface area contributed by atoms with Crippen LogP contribution in [0.25, 0.3) is 110 Å². The van der Waals surface area contributed by atoms with Gasteiger partial charge in [0.25, 0.3) is 0 Å². The van der Waals surface area contributed by atoms with Crippen molar-refractivity contribution in [1.29, 1.82) is 0 Å². The molecule has 0 spiro atoms. The zero-order valence-corrected chi connectivity index (χ0v) is 38.3. The van der Waals surface area contributed by atoms with Crippen molar-refractivity contribution in [2.45, 2.75) is 12.0 Å². The molecular formula is C66H41N3O2. The van der Waals surface area contributed by atoms with E-state index in [-0.39, 0.29) is 12.0 Å². The van der Waals surface area contributed by atoms with Gasteiger partial charge < -0.3 is 23.2 Å². The first-order chi connectivity index (χ1) is 35.2. The molecule has 1 aliphatic carbocycles. The molecule has 0 saturated heterocycles. The molecule has 3 aromatic heterocycles. The normalized spacial score (nSPS) is 15.6. The number of aromatic nitrogens is 2. The maximum atomic E-state index is 6.76. The lowest BCUT2D eigenvalue weighted by Gasteiger charge is -2.34. The number of nitrogens with zero attached hydrogens (tertiary/aromatic N) is 3. The number of hydrogen-bond donors (Lipinski definition) is 0. The second-order valence-corrected chi connectivity index (χ2v) is 19.2. The summed E-state index contributed by atoms with van der Waals surface area (Å²) in [5.41, 5.74) is 19.2. The van der Waals surface area contributed by atoms with Gasteiger partial charge >= 0.3 is 0 Å². The molecule has 2 unspecified atom stereocenters. The van der Waals surface area contributed by atoms with E-state index >= 15 is 0 Å². The van der Waals surface area contributed by atoms with Crippen molar-refractivity contribution in [3.8, 4) is 56.3 Å². The Morgan fingerprint density at radius 1 is 0.380 bits per heavy atom. The van der Waals surface area contributed by atoms with E-state index in [9.17, 15) is 0 Å². The van der Waals surface area contributed by atoms with Crippen LogP contribution in [0, 0.1) is 0 Å². The Bertz CT molecular complexity index is 4460. The summed E-state index contributed by atoms with van der Waals surface area (Å²) in [4.78, 5) is 2.47. The van der Waals surface area contributed by atoms with Gasteiger partial charge in [0.1, 0.15) is 11.2 Å². The molecule has 10 aromatic carbocycles. The van der Waals surface area contributed by atoms with E-state index in [1.165, 1.54) is 60.3 Å².